The van der Waals surface area contributed by atoms with E-state index in [1.54, 1.807) is 7.05 Å². The van der Waals surface area contributed by atoms with Crippen LogP contribution in [0.4, 0.5) is 5.95 Å². The molecule has 1 aliphatic heterocycles. The summed E-state index contributed by atoms with van der Waals surface area (Å²) in [4.78, 5) is 36.3. The van der Waals surface area contributed by atoms with Crippen molar-refractivity contribution in [2.45, 2.75) is 19.9 Å². The molecule has 3 heterocycles. The van der Waals surface area contributed by atoms with Crippen LogP contribution in [0.1, 0.15) is 12.5 Å². The van der Waals surface area contributed by atoms with Crippen LogP contribution in [-0.4, -0.2) is 56.7 Å². The molecule has 4 rings (SSSR count). The molecule has 2 aromatic heterocycles. The zero-order valence-electron chi connectivity index (χ0n) is 17.6. The minimum absolute atomic E-state index is 0.408. The minimum atomic E-state index is -0.454. The van der Waals surface area contributed by atoms with E-state index in [1.165, 1.54) is 10.1 Å². The molecule has 0 atom stereocenters. The van der Waals surface area contributed by atoms with Gasteiger partial charge in [-0.05, 0) is 18.9 Å². The highest BCUT2D eigenvalue weighted by Crippen LogP contribution is 2.22. The van der Waals surface area contributed by atoms with Crippen LogP contribution in [-0.2, 0) is 20.0 Å². The fourth-order valence-corrected chi connectivity index (χ4v) is 3.99. The lowest BCUT2D eigenvalue weighted by atomic mass is 10.1. The molecule has 158 valence electrons. The van der Waals surface area contributed by atoms with Gasteiger partial charge < -0.3 is 9.47 Å². The van der Waals surface area contributed by atoms with Crippen LogP contribution >= 0.6 is 0 Å². The number of aryl methyl sites for hydroxylation is 1. The number of aromatic nitrogens is 4. The Balaban J connectivity index is 1.55. The predicted molar refractivity (Wildman–Crippen MR) is 119 cm³/mol. The van der Waals surface area contributed by atoms with Gasteiger partial charge in [0.05, 0.1) is 0 Å². The van der Waals surface area contributed by atoms with Crippen LogP contribution in [0.3, 0.4) is 0 Å². The summed E-state index contributed by atoms with van der Waals surface area (Å²) in [6, 6.07) is 10.5. The van der Waals surface area contributed by atoms with E-state index >= 15 is 0 Å². The first-order valence-corrected chi connectivity index (χ1v) is 10.3. The Bertz CT molecular complexity index is 1170. The molecule has 8 nitrogen and oxygen atoms in total. The highest BCUT2D eigenvalue weighted by Gasteiger charge is 2.24. The third-order valence-corrected chi connectivity index (χ3v) is 5.63. The van der Waals surface area contributed by atoms with E-state index in [0.717, 1.165) is 50.7 Å². The van der Waals surface area contributed by atoms with Crippen LogP contribution < -0.4 is 16.1 Å². The average Bonchev–Trinajstić information content (AvgIpc) is 3.11. The number of fused-ring (bicyclic) bond motifs is 1. The standard InChI is InChI=1S/C22H28N6O2/c1-16(2)15-28-18-19(25(3)22(30)24-20(18)29)23-21(28)27-13-11-26(12-14-27)10-9-17-7-5-4-6-8-17/h4-8H,1,9-15H2,2-3H3,(H,24,29,30). The van der Waals surface area contributed by atoms with E-state index in [1.807, 2.05) is 17.6 Å². The van der Waals surface area contributed by atoms with Crippen molar-refractivity contribution in [3.8, 4) is 0 Å². The van der Waals surface area contributed by atoms with Gasteiger partial charge in [-0.25, -0.2) is 4.79 Å². The first-order valence-electron chi connectivity index (χ1n) is 10.3. The first-order chi connectivity index (χ1) is 14.4. The van der Waals surface area contributed by atoms with Crippen LogP contribution in [0.2, 0.25) is 0 Å². The van der Waals surface area contributed by atoms with Crippen molar-refractivity contribution >= 4 is 17.1 Å². The second kappa shape index (κ2) is 8.31. The summed E-state index contributed by atoms with van der Waals surface area (Å²) in [7, 11) is 1.63. The Hall–Kier alpha value is -3.13. The molecule has 1 fully saturated rings. The van der Waals surface area contributed by atoms with Crippen molar-refractivity contribution in [3.63, 3.8) is 0 Å². The van der Waals surface area contributed by atoms with E-state index in [0.29, 0.717) is 17.7 Å². The maximum atomic E-state index is 12.5. The number of piperazine rings is 1. The molecule has 0 saturated carbocycles. The molecule has 0 radical (unpaired) electrons. The SMILES string of the molecule is C=C(C)Cn1c(N2CCN(CCc3ccccc3)CC2)nc2c1c(=O)[nH]c(=O)n2C. The van der Waals surface area contributed by atoms with Crippen LogP contribution in [0.5, 0.6) is 0 Å². The lowest BCUT2D eigenvalue weighted by molar-refractivity contribution is 0.259. The second-order valence-corrected chi connectivity index (χ2v) is 8.01. The van der Waals surface area contributed by atoms with Gasteiger partial charge >= 0.3 is 5.69 Å². The molecular formula is C22H28N6O2. The molecule has 3 aromatic rings. The summed E-state index contributed by atoms with van der Waals surface area (Å²) in [6.07, 6.45) is 1.03. The fraction of sp³-hybridized carbons (Fsp3) is 0.409. The number of aromatic amines is 1. The quantitative estimate of drug-likeness (QED) is 0.623. The third-order valence-electron chi connectivity index (χ3n) is 5.63. The summed E-state index contributed by atoms with van der Waals surface area (Å²) in [5.41, 5.74) is 2.24. The topological polar surface area (TPSA) is 79.2 Å². The number of hydrogen-bond acceptors (Lipinski definition) is 5. The number of H-pyrrole nitrogens is 1. The smallest absolute Gasteiger partial charge is 0.329 e. The molecule has 0 spiro atoms. The van der Waals surface area contributed by atoms with Gasteiger partial charge in [-0.1, -0.05) is 42.5 Å². The van der Waals surface area contributed by atoms with E-state index in [2.05, 4.69) is 45.6 Å². The third kappa shape index (κ3) is 3.95. The number of imidazole rings is 1. The van der Waals surface area contributed by atoms with Gasteiger partial charge in [-0.2, -0.15) is 4.98 Å². The summed E-state index contributed by atoms with van der Waals surface area (Å²) in [5, 5.41) is 0. The number of anilines is 1. The van der Waals surface area contributed by atoms with Crippen LogP contribution in [0.25, 0.3) is 11.2 Å². The Morgan fingerprint density at radius 2 is 1.83 bits per heavy atom. The summed E-state index contributed by atoms with van der Waals surface area (Å²) in [6.45, 7) is 10.9. The van der Waals surface area contributed by atoms with E-state index in [4.69, 9.17) is 4.98 Å². The molecule has 1 N–H and O–H groups in total. The monoisotopic (exact) mass is 408 g/mol. The van der Waals surface area contributed by atoms with Crippen molar-refractivity contribution in [1.82, 2.24) is 24.0 Å². The van der Waals surface area contributed by atoms with Gasteiger partial charge in [0.2, 0.25) is 5.95 Å². The lowest BCUT2D eigenvalue weighted by Gasteiger charge is -2.35. The van der Waals surface area contributed by atoms with E-state index in [9.17, 15) is 9.59 Å². The number of hydrogen-bond donors (Lipinski definition) is 1. The molecule has 0 amide bonds. The molecule has 1 aliphatic rings. The molecular weight excluding hydrogens is 380 g/mol. The Kier molecular flexibility index (Phi) is 5.59. The summed E-state index contributed by atoms with van der Waals surface area (Å²) < 4.78 is 3.28. The normalized spacial score (nSPS) is 15.1. The van der Waals surface area contributed by atoms with Crippen molar-refractivity contribution in [3.05, 3.63) is 68.9 Å². The Labute approximate surface area is 175 Å². The van der Waals surface area contributed by atoms with E-state index < -0.39 is 11.2 Å². The van der Waals surface area contributed by atoms with Crippen molar-refractivity contribution in [2.75, 3.05) is 37.6 Å². The van der Waals surface area contributed by atoms with Crippen molar-refractivity contribution < 1.29 is 0 Å². The number of rotatable bonds is 6. The van der Waals surface area contributed by atoms with Gasteiger partial charge in [0, 0.05) is 46.3 Å². The van der Waals surface area contributed by atoms with Crippen molar-refractivity contribution in [1.29, 1.82) is 0 Å². The molecule has 30 heavy (non-hydrogen) atoms. The van der Waals surface area contributed by atoms with Gasteiger partial charge in [-0.15, -0.1) is 0 Å². The second-order valence-electron chi connectivity index (χ2n) is 8.01. The maximum Gasteiger partial charge on any atom is 0.329 e. The zero-order chi connectivity index (χ0) is 21.3. The van der Waals surface area contributed by atoms with Gasteiger partial charge in [0.25, 0.3) is 5.56 Å². The van der Waals surface area contributed by atoms with Crippen molar-refractivity contribution in [2.24, 2.45) is 7.05 Å². The minimum Gasteiger partial charge on any atom is -0.340 e. The fourth-order valence-electron chi connectivity index (χ4n) is 3.99. The van der Waals surface area contributed by atoms with Gasteiger partial charge in [0.15, 0.2) is 11.2 Å². The molecule has 1 aromatic carbocycles. The first kappa shape index (κ1) is 20.2. The highest BCUT2D eigenvalue weighted by molar-refractivity contribution is 5.74. The molecule has 8 heteroatoms. The van der Waals surface area contributed by atoms with Gasteiger partial charge in [0.1, 0.15) is 0 Å². The predicted octanol–water partition coefficient (Wildman–Crippen LogP) is 1.36. The molecule has 0 aliphatic carbocycles. The maximum absolute atomic E-state index is 12.5. The highest BCUT2D eigenvalue weighted by atomic mass is 16.2. The Morgan fingerprint density at radius 1 is 1.13 bits per heavy atom. The molecule has 0 bridgehead atoms. The van der Waals surface area contributed by atoms with Gasteiger partial charge in [-0.3, -0.25) is 19.2 Å². The summed E-state index contributed by atoms with van der Waals surface area (Å²) >= 11 is 0. The number of benzene rings is 1. The zero-order valence-corrected chi connectivity index (χ0v) is 17.6. The molecule has 1 saturated heterocycles. The average molecular weight is 409 g/mol. The molecule has 0 unspecified atom stereocenters. The summed E-state index contributed by atoms with van der Waals surface area (Å²) in [5.74, 6) is 0.724. The lowest BCUT2D eigenvalue weighted by Crippen LogP contribution is -2.47. The van der Waals surface area contributed by atoms with Crippen LogP contribution in [0.15, 0.2) is 52.1 Å². The van der Waals surface area contributed by atoms with E-state index in [-0.39, 0.29) is 0 Å². The number of nitrogens with one attached hydrogen (secondary N) is 1. The van der Waals surface area contributed by atoms with Crippen LogP contribution in [0, 0.1) is 0 Å². The number of nitrogens with zero attached hydrogens (tertiary/aromatic N) is 5. The Morgan fingerprint density at radius 3 is 2.50 bits per heavy atom. The number of allylic oxidation sites excluding steroid dienone is 1. The largest absolute Gasteiger partial charge is 0.340 e.